The Morgan fingerprint density at radius 1 is 1.32 bits per heavy atom. The maximum atomic E-state index is 12.9. The molecule has 0 spiro atoms. The Morgan fingerprint density at radius 3 is 2.68 bits per heavy atom. The number of ether oxygens (including phenoxy) is 1. The Morgan fingerprint density at radius 2 is 2.00 bits per heavy atom. The number of benzene rings is 1. The zero-order valence-electron chi connectivity index (χ0n) is 13.0. The van der Waals surface area contributed by atoms with E-state index in [0.29, 0.717) is 5.11 Å². The second kappa shape index (κ2) is 9.02. The highest BCUT2D eigenvalue weighted by atomic mass is 32.1. The van der Waals surface area contributed by atoms with Gasteiger partial charge in [0.15, 0.2) is 5.11 Å². The number of nitrogens with one attached hydrogen (secondary N) is 3. The molecule has 1 aliphatic heterocycles. The maximum absolute atomic E-state index is 12.9. The highest BCUT2D eigenvalue weighted by Gasteiger charge is 2.13. The van der Waals surface area contributed by atoms with Crippen LogP contribution in [0.4, 0.5) is 4.39 Å². The molecule has 4 nitrogen and oxygen atoms in total. The average molecular weight is 326 g/mol. The van der Waals surface area contributed by atoms with Crippen molar-refractivity contribution >= 4 is 17.3 Å². The van der Waals surface area contributed by atoms with Gasteiger partial charge in [-0.1, -0.05) is 12.1 Å². The van der Waals surface area contributed by atoms with Crippen LogP contribution < -0.4 is 15.5 Å². The molecule has 1 aromatic rings. The summed E-state index contributed by atoms with van der Waals surface area (Å²) >= 11 is 5.30. The van der Waals surface area contributed by atoms with E-state index in [9.17, 15) is 4.39 Å². The van der Waals surface area contributed by atoms with E-state index in [1.165, 1.54) is 12.1 Å². The van der Waals surface area contributed by atoms with Gasteiger partial charge < -0.3 is 20.3 Å². The van der Waals surface area contributed by atoms with Gasteiger partial charge in [0.2, 0.25) is 0 Å². The second-order valence-electron chi connectivity index (χ2n) is 5.64. The first-order chi connectivity index (χ1) is 10.6. The molecular formula is C16H25FN3OS+. The fourth-order valence-corrected chi connectivity index (χ4v) is 2.81. The van der Waals surface area contributed by atoms with E-state index >= 15 is 0 Å². The molecular weight excluding hydrogens is 301 g/mol. The SMILES string of the molecule is C[C@H](NC(=S)NCCC[NH+]1CCOCC1)c1ccc(F)cc1. The lowest BCUT2D eigenvalue weighted by atomic mass is 10.1. The third kappa shape index (κ3) is 5.87. The van der Waals surface area contributed by atoms with Crippen molar-refractivity contribution in [1.29, 1.82) is 0 Å². The van der Waals surface area contributed by atoms with Gasteiger partial charge in [0, 0.05) is 13.0 Å². The minimum Gasteiger partial charge on any atom is -0.370 e. The Bertz CT molecular complexity index is 463. The summed E-state index contributed by atoms with van der Waals surface area (Å²) in [4.78, 5) is 1.60. The summed E-state index contributed by atoms with van der Waals surface area (Å²) in [6.07, 6.45) is 1.09. The molecule has 0 radical (unpaired) electrons. The number of rotatable bonds is 6. The number of quaternary nitrogens is 1. The van der Waals surface area contributed by atoms with Crippen LogP contribution in [0.15, 0.2) is 24.3 Å². The summed E-state index contributed by atoms with van der Waals surface area (Å²) in [6, 6.07) is 6.55. The van der Waals surface area contributed by atoms with Crippen LogP contribution in [0.2, 0.25) is 0 Å². The lowest BCUT2D eigenvalue weighted by Crippen LogP contribution is -3.14. The third-order valence-electron chi connectivity index (χ3n) is 3.91. The Balaban J connectivity index is 1.61. The van der Waals surface area contributed by atoms with Gasteiger partial charge in [-0.3, -0.25) is 0 Å². The monoisotopic (exact) mass is 326 g/mol. The third-order valence-corrected chi connectivity index (χ3v) is 4.17. The van der Waals surface area contributed by atoms with Crippen LogP contribution in [0.1, 0.15) is 24.9 Å². The van der Waals surface area contributed by atoms with Gasteiger partial charge in [-0.2, -0.15) is 0 Å². The zero-order valence-corrected chi connectivity index (χ0v) is 13.8. The van der Waals surface area contributed by atoms with Crippen LogP contribution in [0, 0.1) is 5.82 Å². The van der Waals surface area contributed by atoms with E-state index in [0.717, 1.165) is 51.4 Å². The Labute approximate surface area is 137 Å². The van der Waals surface area contributed by atoms with Crippen molar-refractivity contribution in [1.82, 2.24) is 10.6 Å². The number of morpholine rings is 1. The number of hydrogen-bond donors (Lipinski definition) is 3. The molecule has 1 aliphatic rings. The highest BCUT2D eigenvalue weighted by molar-refractivity contribution is 7.80. The first-order valence-corrected chi connectivity index (χ1v) is 8.27. The van der Waals surface area contributed by atoms with Gasteiger partial charge in [0.1, 0.15) is 18.9 Å². The second-order valence-corrected chi connectivity index (χ2v) is 6.05. The maximum Gasteiger partial charge on any atom is 0.166 e. The Hall–Kier alpha value is -1.24. The predicted octanol–water partition coefficient (Wildman–Crippen LogP) is 0.656. The smallest absolute Gasteiger partial charge is 0.166 e. The van der Waals surface area contributed by atoms with E-state index < -0.39 is 0 Å². The molecule has 22 heavy (non-hydrogen) atoms. The largest absolute Gasteiger partial charge is 0.370 e. The van der Waals surface area contributed by atoms with E-state index in [2.05, 4.69) is 10.6 Å². The van der Waals surface area contributed by atoms with Crippen LogP contribution in [0.5, 0.6) is 0 Å². The molecule has 0 unspecified atom stereocenters. The van der Waals surface area contributed by atoms with E-state index in [4.69, 9.17) is 17.0 Å². The quantitative estimate of drug-likeness (QED) is 0.530. The molecule has 3 N–H and O–H groups in total. The van der Waals surface area contributed by atoms with Gasteiger partial charge in [0.25, 0.3) is 0 Å². The standard InChI is InChI=1S/C16H24FN3OS/c1-13(14-3-5-15(17)6-4-14)19-16(22)18-7-2-8-20-9-11-21-12-10-20/h3-6,13H,2,7-12H2,1H3,(H2,18,19,22)/p+1/t13-/m0/s1. The molecule has 1 heterocycles. The molecule has 0 aliphatic carbocycles. The van der Waals surface area contributed by atoms with Crippen LogP contribution in [0.25, 0.3) is 0 Å². The van der Waals surface area contributed by atoms with Crippen LogP contribution in [0.3, 0.4) is 0 Å². The van der Waals surface area contributed by atoms with Crippen molar-refractivity contribution in [3.05, 3.63) is 35.6 Å². The lowest BCUT2D eigenvalue weighted by molar-refractivity contribution is -0.908. The molecule has 1 atom stereocenters. The summed E-state index contributed by atoms with van der Waals surface area (Å²) in [6.45, 7) is 7.97. The van der Waals surface area contributed by atoms with E-state index in [-0.39, 0.29) is 11.9 Å². The van der Waals surface area contributed by atoms with Gasteiger partial charge >= 0.3 is 0 Å². The minimum absolute atomic E-state index is 0.0606. The predicted molar refractivity (Wildman–Crippen MR) is 89.6 cm³/mol. The summed E-state index contributed by atoms with van der Waals surface area (Å²) in [7, 11) is 0. The van der Waals surface area contributed by atoms with Gasteiger partial charge in [-0.15, -0.1) is 0 Å². The highest BCUT2D eigenvalue weighted by Crippen LogP contribution is 2.12. The molecule has 0 amide bonds. The lowest BCUT2D eigenvalue weighted by Gasteiger charge is -2.24. The molecule has 0 bridgehead atoms. The summed E-state index contributed by atoms with van der Waals surface area (Å²) in [5.41, 5.74) is 1.02. The van der Waals surface area contributed by atoms with Gasteiger partial charge in [0.05, 0.1) is 25.8 Å². The van der Waals surface area contributed by atoms with Crippen LogP contribution >= 0.6 is 12.2 Å². The van der Waals surface area contributed by atoms with Crippen LogP contribution in [-0.4, -0.2) is 44.5 Å². The first kappa shape index (κ1) is 17.1. The molecule has 122 valence electrons. The first-order valence-electron chi connectivity index (χ1n) is 7.86. The summed E-state index contributed by atoms with van der Waals surface area (Å²) < 4.78 is 18.2. The topological polar surface area (TPSA) is 37.7 Å². The van der Waals surface area contributed by atoms with Crippen molar-refractivity contribution < 1.29 is 14.0 Å². The normalized spacial score (nSPS) is 17.0. The molecule has 0 aromatic heterocycles. The minimum atomic E-state index is -0.220. The van der Waals surface area contributed by atoms with Gasteiger partial charge in [-0.25, -0.2) is 4.39 Å². The van der Waals surface area contributed by atoms with Gasteiger partial charge in [-0.05, 0) is 36.8 Å². The fourth-order valence-electron chi connectivity index (χ4n) is 2.53. The molecule has 0 saturated carbocycles. The van der Waals surface area contributed by atoms with Crippen molar-refractivity contribution in [3.8, 4) is 0 Å². The number of halogens is 1. The molecule has 1 aromatic carbocycles. The fraction of sp³-hybridized carbons (Fsp3) is 0.562. The number of hydrogen-bond acceptors (Lipinski definition) is 2. The molecule has 2 rings (SSSR count). The zero-order chi connectivity index (χ0) is 15.8. The van der Waals surface area contributed by atoms with Crippen molar-refractivity contribution in [2.24, 2.45) is 0 Å². The van der Waals surface area contributed by atoms with Crippen molar-refractivity contribution in [2.45, 2.75) is 19.4 Å². The average Bonchev–Trinajstić information content (AvgIpc) is 2.53. The number of thiocarbonyl (C=S) groups is 1. The summed E-state index contributed by atoms with van der Waals surface area (Å²) in [5, 5.41) is 7.11. The van der Waals surface area contributed by atoms with Crippen LogP contribution in [-0.2, 0) is 4.74 Å². The molecule has 6 heteroatoms. The molecule has 1 fully saturated rings. The van der Waals surface area contributed by atoms with Crippen molar-refractivity contribution in [3.63, 3.8) is 0 Å². The summed E-state index contributed by atoms with van der Waals surface area (Å²) in [5.74, 6) is -0.220. The van der Waals surface area contributed by atoms with Crippen molar-refractivity contribution in [2.75, 3.05) is 39.4 Å². The molecule has 1 saturated heterocycles. The van der Waals surface area contributed by atoms with E-state index in [1.54, 1.807) is 17.0 Å². The Kier molecular flexibility index (Phi) is 7.02. The van der Waals surface area contributed by atoms with E-state index in [1.807, 2.05) is 6.92 Å².